The summed E-state index contributed by atoms with van der Waals surface area (Å²) < 4.78 is 0. The SMILES string of the molecule is CCc1ccc(N2CC(C#N)CCC2(C)C)cc1. The molecule has 2 heteroatoms. The van der Waals surface area contributed by atoms with Crippen LogP contribution in [0, 0.1) is 17.2 Å². The average Bonchev–Trinajstić information content (AvgIpc) is 2.39. The van der Waals surface area contributed by atoms with E-state index in [4.69, 9.17) is 5.26 Å². The van der Waals surface area contributed by atoms with Crippen molar-refractivity contribution in [1.82, 2.24) is 0 Å². The van der Waals surface area contributed by atoms with Crippen molar-refractivity contribution in [2.24, 2.45) is 5.92 Å². The third-order valence-corrected chi connectivity index (χ3v) is 4.08. The summed E-state index contributed by atoms with van der Waals surface area (Å²) in [6.45, 7) is 7.57. The van der Waals surface area contributed by atoms with Gasteiger partial charge < -0.3 is 4.90 Å². The molecule has 1 saturated heterocycles. The summed E-state index contributed by atoms with van der Waals surface area (Å²) in [5, 5.41) is 9.13. The van der Waals surface area contributed by atoms with E-state index in [1.54, 1.807) is 0 Å². The average molecular weight is 242 g/mol. The van der Waals surface area contributed by atoms with E-state index < -0.39 is 0 Å². The van der Waals surface area contributed by atoms with Gasteiger partial charge in [-0.05, 0) is 50.8 Å². The fraction of sp³-hybridized carbons (Fsp3) is 0.562. The number of nitriles is 1. The van der Waals surface area contributed by atoms with Gasteiger partial charge in [0.15, 0.2) is 0 Å². The molecule has 1 aliphatic heterocycles. The second-order valence-corrected chi connectivity index (χ2v) is 5.81. The molecule has 18 heavy (non-hydrogen) atoms. The lowest BCUT2D eigenvalue weighted by Gasteiger charge is -2.45. The molecule has 1 atom stereocenters. The van der Waals surface area contributed by atoms with Crippen molar-refractivity contribution in [3.05, 3.63) is 29.8 Å². The molecule has 1 aromatic carbocycles. The van der Waals surface area contributed by atoms with Crippen LogP contribution in [0.15, 0.2) is 24.3 Å². The van der Waals surface area contributed by atoms with Crippen LogP contribution in [0.5, 0.6) is 0 Å². The maximum atomic E-state index is 9.13. The van der Waals surface area contributed by atoms with E-state index in [-0.39, 0.29) is 11.5 Å². The van der Waals surface area contributed by atoms with Crippen molar-refractivity contribution in [3.63, 3.8) is 0 Å². The smallest absolute Gasteiger partial charge is 0.0674 e. The fourth-order valence-corrected chi connectivity index (χ4v) is 2.69. The lowest BCUT2D eigenvalue weighted by Crippen LogP contribution is -2.50. The Morgan fingerprint density at radius 2 is 2.00 bits per heavy atom. The summed E-state index contributed by atoms with van der Waals surface area (Å²) in [6, 6.07) is 11.2. The van der Waals surface area contributed by atoms with Crippen molar-refractivity contribution in [2.75, 3.05) is 11.4 Å². The summed E-state index contributed by atoms with van der Waals surface area (Å²) >= 11 is 0. The van der Waals surface area contributed by atoms with Crippen molar-refractivity contribution in [1.29, 1.82) is 5.26 Å². The number of anilines is 1. The van der Waals surface area contributed by atoms with Gasteiger partial charge in [0, 0.05) is 17.8 Å². The number of hydrogen-bond donors (Lipinski definition) is 0. The Bertz CT molecular complexity index is 439. The Morgan fingerprint density at radius 3 is 2.56 bits per heavy atom. The summed E-state index contributed by atoms with van der Waals surface area (Å²) in [5.41, 5.74) is 2.77. The van der Waals surface area contributed by atoms with Gasteiger partial charge in [-0.15, -0.1) is 0 Å². The number of piperidine rings is 1. The molecule has 0 aromatic heterocycles. The van der Waals surface area contributed by atoms with Crippen LogP contribution < -0.4 is 4.90 Å². The van der Waals surface area contributed by atoms with Crippen molar-refractivity contribution >= 4 is 5.69 Å². The lowest BCUT2D eigenvalue weighted by atomic mass is 9.85. The van der Waals surface area contributed by atoms with Gasteiger partial charge in [0.2, 0.25) is 0 Å². The number of nitrogens with zero attached hydrogens (tertiary/aromatic N) is 2. The molecule has 1 aromatic rings. The molecule has 0 radical (unpaired) electrons. The van der Waals surface area contributed by atoms with Crippen molar-refractivity contribution < 1.29 is 0 Å². The van der Waals surface area contributed by atoms with Crippen molar-refractivity contribution in [2.45, 2.75) is 45.6 Å². The zero-order chi connectivity index (χ0) is 13.2. The Morgan fingerprint density at radius 1 is 1.33 bits per heavy atom. The van der Waals surface area contributed by atoms with Crippen molar-refractivity contribution in [3.8, 4) is 6.07 Å². The van der Waals surface area contributed by atoms with Gasteiger partial charge in [0.25, 0.3) is 0 Å². The monoisotopic (exact) mass is 242 g/mol. The summed E-state index contributed by atoms with van der Waals surface area (Å²) in [4.78, 5) is 2.39. The third kappa shape index (κ3) is 2.51. The molecule has 0 bridgehead atoms. The first-order chi connectivity index (χ1) is 8.56. The minimum Gasteiger partial charge on any atom is -0.365 e. The van der Waals surface area contributed by atoms with E-state index in [0.717, 1.165) is 25.8 Å². The van der Waals surface area contributed by atoms with Gasteiger partial charge in [0.05, 0.1) is 12.0 Å². The molecule has 1 unspecified atom stereocenters. The van der Waals surface area contributed by atoms with E-state index >= 15 is 0 Å². The molecular formula is C16H22N2. The standard InChI is InChI=1S/C16H22N2/c1-4-13-5-7-15(8-6-13)18-12-14(11-17)9-10-16(18,2)3/h5-8,14H,4,9-10,12H2,1-3H3. The molecule has 0 spiro atoms. The van der Waals surface area contributed by atoms with Crippen LogP contribution in [0.1, 0.15) is 39.2 Å². The molecule has 0 aliphatic carbocycles. The Kier molecular flexibility index (Phi) is 3.61. The largest absolute Gasteiger partial charge is 0.365 e. The van der Waals surface area contributed by atoms with E-state index in [1.165, 1.54) is 11.3 Å². The second-order valence-electron chi connectivity index (χ2n) is 5.81. The highest BCUT2D eigenvalue weighted by Gasteiger charge is 2.34. The Hall–Kier alpha value is -1.49. The Labute approximate surface area is 110 Å². The first kappa shape index (κ1) is 13.0. The third-order valence-electron chi connectivity index (χ3n) is 4.08. The molecule has 1 aliphatic rings. The van der Waals surface area contributed by atoms with Gasteiger partial charge in [0.1, 0.15) is 0 Å². The normalized spacial score (nSPS) is 22.6. The molecule has 0 N–H and O–H groups in total. The highest BCUT2D eigenvalue weighted by atomic mass is 15.2. The van der Waals surface area contributed by atoms with Gasteiger partial charge in [-0.3, -0.25) is 0 Å². The molecule has 2 nitrogen and oxygen atoms in total. The van der Waals surface area contributed by atoms with Crippen LogP contribution >= 0.6 is 0 Å². The molecule has 0 saturated carbocycles. The molecule has 1 fully saturated rings. The zero-order valence-corrected chi connectivity index (χ0v) is 11.6. The second kappa shape index (κ2) is 5.02. The maximum Gasteiger partial charge on any atom is 0.0674 e. The molecule has 2 rings (SSSR count). The fourth-order valence-electron chi connectivity index (χ4n) is 2.69. The number of rotatable bonds is 2. The van der Waals surface area contributed by atoms with Crippen LogP contribution in [-0.4, -0.2) is 12.1 Å². The molecule has 96 valence electrons. The minimum atomic E-state index is 0.154. The first-order valence-corrected chi connectivity index (χ1v) is 6.83. The van der Waals surface area contributed by atoms with Gasteiger partial charge in [-0.25, -0.2) is 0 Å². The number of hydrogen-bond acceptors (Lipinski definition) is 2. The van der Waals surface area contributed by atoms with E-state index in [1.807, 2.05) is 0 Å². The molecule has 0 amide bonds. The quantitative estimate of drug-likeness (QED) is 0.789. The highest BCUT2D eigenvalue weighted by Crippen LogP contribution is 2.34. The van der Waals surface area contributed by atoms with Crippen LogP contribution in [0.2, 0.25) is 0 Å². The minimum absolute atomic E-state index is 0.154. The Balaban J connectivity index is 2.25. The maximum absolute atomic E-state index is 9.13. The molecule has 1 heterocycles. The lowest BCUT2D eigenvalue weighted by molar-refractivity contribution is 0.325. The topological polar surface area (TPSA) is 27.0 Å². The highest BCUT2D eigenvalue weighted by molar-refractivity contribution is 5.50. The predicted octanol–water partition coefficient (Wildman–Crippen LogP) is 3.77. The van der Waals surface area contributed by atoms with Gasteiger partial charge >= 0.3 is 0 Å². The number of aryl methyl sites for hydroxylation is 1. The summed E-state index contributed by atoms with van der Waals surface area (Å²) in [6.07, 6.45) is 3.18. The van der Waals surface area contributed by atoms with Crippen LogP contribution in [0.25, 0.3) is 0 Å². The molecular weight excluding hydrogens is 220 g/mol. The van der Waals surface area contributed by atoms with Gasteiger partial charge in [-0.1, -0.05) is 19.1 Å². The van der Waals surface area contributed by atoms with E-state index in [0.29, 0.717) is 0 Å². The van der Waals surface area contributed by atoms with Crippen LogP contribution in [0.3, 0.4) is 0 Å². The van der Waals surface area contributed by atoms with E-state index in [9.17, 15) is 0 Å². The predicted molar refractivity (Wildman–Crippen MR) is 75.6 cm³/mol. The number of benzene rings is 1. The summed E-state index contributed by atoms with van der Waals surface area (Å²) in [5.74, 6) is 0.170. The van der Waals surface area contributed by atoms with Crippen LogP contribution in [-0.2, 0) is 6.42 Å². The van der Waals surface area contributed by atoms with Crippen LogP contribution in [0.4, 0.5) is 5.69 Å². The van der Waals surface area contributed by atoms with E-state index in [2.05, 4.69) is 56.0 Å². The first-order valence-electron chi connectivity index (χ1n) is 6.83. The summed E-state index contributed by atoms with van der Waals surface area (Å²) in [7, 11) is 0. The van der Waals surface area contributed by atoms with Gasteiger partial charge in [-0.2, -0.15) is 5.26 Å². The zero-order valence-electron chi connectivity index (χ0n) is 11.6.